The zero-order valence-corrected chi connectivity index (χ0v) is 26.2. The van der Waals surface area contributed by atoms with Gasteiger partial charge in [-0.15, -0.1) is 5.10 Å². The largest absolute Gasteiger partial charge is 0.481 e. The molecule has 0 saturated carbocycles. The fraction of sp³-hybridized carbons (Fsp3) is 0.571. The molecule has 16 nitrogen and oxygen atoms in total. The minimum atomic E-state index is -1.00. The Balaban J connectivity index is 1.15. The van der Waals surface area contributed by atoms with Crippen LogP contribution in [-0.2, 0) is 39.9 Å². The molecular weight excluding hydrogens is 629 g/mol. The van der Waals surface area contributed by atoms with Crippen molar-refractivity contribution in [2.24, 2.45) is 5.73 Å². The highest BCUT2D eigenvalue weighted by molar-refractivity contribution is 7.71. The number of nitrogens with one attached hydrogen (secondary N) is 3. The molecule has 3 rings (SSSR count). The van der Waals surface area contributed by atoms with Crippen LogP contribution < -0.4 is 21.9 Å². The van der Waals surface area contributed by atoms with E-state index in [1.807, 2.05) is 0 Å². The number of hydrogen-bond donors (Lipinski definition) is 5. The fourth-order valence-electron chi connectivity index (χ4n) is 4.27. The van der Waals surface area contributed by atoms with Crippen molar-refractivity contribution in [3.63, 3.8) is 0 Å². The van der Waals surface area contributed by atoms with E-state index < -0.39 is 29.3 Å². The second-order valence-corrected chi connectivity index (χ2v) is 10.4. The lowest BCUT2D eigenvalue weighted by molar-refractivity contribution is -0.137. The first kappa shape index (κ1) is 36.7. The monoisotopic (exact) mass is 669 g/mol. The Morgan fingerprint density at radius 1 is 0.978 bits per heavy atom. The van der Waals surface area contributed by atoms with Gasteiger partial charge in [0.15, 0.2) is 0 Å². The number of benzene rings is 1. The molecule has 0 radical (unpaired) electrons. The first-order valence-corrected chi connectivity index (χ1v) is 15.2. The maximum Gasteiger partial charge on any atom is 0.303 e. The normalized spacial score (nSPS) is 12.0. The van der Waals surface area contributed by atoms with Gasteiger partial charge in [0.1, 0.15) is 5.82 Å². The number of aryl methyl sites for hydroxylation is 1. The third-order valence-corrected chi connectivity index (χ3v) is 6.87. The molecule has 0 aliphatic rings. The highest BCUT2D eigenvalue weighted by Crippen LogP contribution is 2.15. The van der Waals surface area contributed by atoms with E-state index in [-0.39, 0.29) is 61.6 Å². The summed E-state index contributed by atoms with van der Waals surface area (Å²) in [4.78, 5) is 47.3. The van der Waals surface area contributed by atoms with E-state index in [4.69, 9.17) is 42.0 Å². The summed E-state index contributed by atoms with van der Waals surface area (Å²) in [6, 6.07) is 3.05. The number of H-pyrrole nitrogens is 1. The predicted molar refractivity (Wildman–Crippen MR) is 165 cm³/mol. The predicted octanol–water partition coefficient (Wildman–Crippen LogP) is 0.117. The number of carboxylic acid groups (broad SMARTS) is 1. The van der Waals surface area contributed by atoms with Crippen LogP contribution in [0.25, 0.3) is 16.7 Å². The van der Waals surface area contributed by atoms with Crippen molar-refractivity contribution in [3.8, 4) is 0 Å². The number of halogens is 1. The van der Waals surface area contributed by atoms with Crippen LogP contribution in [0.5, 0.6) is 0 Å². The fourth-order valence-corrected chi connectivity index (χ4v) is 4.49. The zero-order valence-electron chi connectivity index (χ0n) is 25.3. The SMILES string of the molecule is N[C@@H](CCC(=O)O)C(=O)NCCOCCOCCOCCOCCC(=O)NCCCn1c(=O)c2cc(F)ccc2n2c(=S)[nH]nc12. The summed E-state index contributed by atoms with van der Waals surface area (Å²) in [5.74, 6) is -1.83. The van der Waals surface area contributed by atoms with Crippen molar-refractivity contribution in [1.82, 2.24) is 29.8 Å². The topological polar surface area (TPSA) is 214 Å². The van der Waals surface area contributed by atoms with Crippen molar-refractivity contribution in [1.29, 1.82) is 0 Å². The number of fused-ring (bicyclic) bond motifs is 3. The molecular formula is C28H40FN7O9S. The lowest BCUT2D eigenvalue weighted by atomic mass is 10.1. The van der Waals surface area contributed by atoms with Crippen LogP contribution in [0.2, 0.25) is 0 Å². The molecule has 1 atom stereocenters. The van der Waals surface area contributed by atoms with Gasteiger partial charge in [0.25, 0.3) is 5.56 Å². The number of carbonyl (C=O) groups excluding carboxylic acids is 2. The molecule has 0 bridgehead atoms. The number of nitrogens with two attached hydrogens (primary N) is 1. The Hall–Kier alpha value is -3.81. The quantitative estimate of drug-likeness (QED) is 0.0673. The number of carbonyl (C=O) groups is 3. The molecule has 2 aromatic heterocycles. The lowest BCUT2D eigenvalue weighted by Crippen LogP contribution is -2.42. The Morgan fingerprint density at radius 2 is 1.63 bits per heavy atom. The van der Waals surface area contributed by atoms with E-state index in [2.05, 4.69) is 20.8 Å². The summed E-state index contributed by atoms with van der Waals surface area (Å²) in [5.41, 5.74) is 5.67. The van der Waals surface area contributed by atoms with Gasteiger partial charge in [-0.05, 0) is 43.3 Å². The Kier molecular flexibility index (Phi) is 15.7. The molecule has 0 unspecified atom stereocenters. The maximum atomic E-state index is 13.8. The van der Waals surface area contributed by atoms with Gasteiger partial charge in [0, 0.05) is 32.5 Å². The molecule has 3 aromatic rings. The summed E-state index contributed by atoms with van der Waals surface area (Å²) in [5, 5.41) is 21.0. The molecule has 0 fully saturated rings. The van der Waals surface area contributed by atoms with Crippen LogP contribution in [0.3, 0.4) is 0 Å². The smallest absolute Gasteiger partial charge is 0.303 e. The zero-order chi connectivity index (χ0) is 33.3. The van der Waals surface area contributed by atoms with Crippen molar-refractivity contribution >= 4 is 46.7 Å². The van der Waals surface area contributed by atoms with Crippen LogP contribution in [0.1, 0.15) is 25.7 Å². The molecule has 2 heterocycles. The van der Waals surface area contributed by atoms with Gasteiger partial charge in [0.2, 0.25) is 22.4 Å². The van der Waals surface area contributed by atoms with Gasteiger partial charge in [-0.25, -0.2) is 9.49 Å². The highest BCUT2D eigenvalue weighted by Gasteiger charge is 2.15. The second-order valence-electron chi connectivity index (χ2n) is 10.0. The van der Waals surface area contributed by atoms with Crippen LogP contribution in [0.15, 0.2) is 23.0 Å². The summed E-state index contributed by atoms with van der Waals surface area (Å²) < 4.78 is 38.6. The first-order chi connectivity index (χ1) is 22.2. The Labute approximate surface area is 268 Å². The van der Waals surface area contributed by atoms with E-state index >= 15 is 0 Å². The average molecular weight is 670 g/mol. The number of nitrogens with zero attached hydrogens (tertiary/aromatic N) is 3. The summed E-state index contributed by atoms with van der Waals surface area (Å²) in [6.07, 6.45) is 0.510. The Bertz CT molecular complexity index is 1560. The van der Waals surface area contributed by atoms with E-state index in [1.54, 1.807) is 4.40 Å². The third kappa shape index (κ3) is 11.8. The highest BCUT2D eigenvalue weighted by atomic mass is 32.1. The number of rotatable bonds is 23. The van der Waals surface area contributed by atoms with Gasteiger partial charge in [-0.2, -0.15) is 0 Å². The second kappa shape index (κ2) is 19.6. The number of carboxylic acids is 1. The molecule has 0 saturated heterocycles. The van der Waals surface area contributed by atoms with Crippen molar-refractivity contribution in [2.45, 2.75) is 38.3 Å². The number of amides is 2. The van der Waals surface area contributed by atoms with Crippen LogP contribution >= 0.6 is 12.2 Å². The molecule has 18 heteroatoms. The van der Waals surface area contributed by atoms with E-state index in [9.17, 15) is 23.6 Å². The van der Waals surface area contributed by atoms with Crippen LogP contribution in [0.4, 0.5) is 4.39 Å². The van der Waals surface area contributed by atoms with E-state index in [0.29, 0.717) is 63.9 Å². The Morgan fingerprint density at radius 3 is 2.30 bits per heavy atom. The van der Waals surface area contributed by atoms with Crippen molar-refractivity contribution < 1.29 is 42.8 Å². The molecule has 0 aliphatic heterocycles. The minimum Gasteiger partial charge on any atom is -0.481 e. The van der Waals surface area contributed by atoms with Crippen LogP contribution in [-0.4, -0.2) is 114 Å². The lowest BCUT2D eigenvalue weighted by Gasteiger charge is -2.11. The molecule has 2 amide bonds. The molecule has 46 heavy (non-hydrogen) atoms. The molecule has 0 aliphatic carbocycles. The van der Waals surface area contributed by atoms with Gasteiger partial charge < -0.3 is 40.4 Å². The van der Waals surface area contributed by atoms with Crippen molar-refractivity contribution in [2.75, 3.05) is 65.9 Å². The molecule has 1 aromatic carbocycles. The molecule has 254 valence electrons. The van der Waals surface area contributed by atoms with Crippen LogP contribution in [0, 0.1) is 10.6 Å². The minimum absolute atomic E-state index is 0.0712. The van der Waals surface area contributed by atoms with Gasteiger partial charge in [0.05, 0.1) is 69.8 Å². The van der Waals surface area contributed by atoms with E-state index in [0.717, 1.165) is 0 Å². The number of aromatic nitrogens is 4. The number of hydrogen-bond acceptors (Lipinski definition) is 11. The summed E-state index contributed by atoms with van der Waals surface area (Å²) in [6.45, 7) is 3.37. The summed E-state index contributed by atoms with van der Waals surface area (Å²) in [7, 11) is 0. The number of aromatic amines is 1. The first-order valence-electron chi connectivity index (χ1n) is 14.8. The van der Waals surface area contributed by atoms with E-state index in [1.165, 1.54) is 22.8 Å². The van der Waals surface area contributed by atoms with Gasteiger partial charge in [-0.3, -0.25) is 28.1 Å². The number of ether oxygens (including phenoxy) is 4. The van der Waals surface area contributed by atoms with Gasteiger partial charge in [-0.1, -0.05) is 0 Å². The average Bonchev–Trinajstić information content (AvgIpc) is 3.41. The summed E-state index contributed by atoms with van der Waals surface area (Å²) >= 11 is 5.28. The molecule has 6 N–H and O–H groups in total. The number of aliphatic carboxylic acids is 1. The maximum absolute atomic E-state index is 13.8. The van der Waals surface area contributed by atoms with Gasteiger partial charge >= 0.3 is 5.97 Å². The van der Waals surface area contributed by atoms with Crippen molar-refractivity contribution in [3.05, 3.63) is 39.1 Å². The standard InChI is InChI=1S/C28H40FN7O9S/c29-19-2-4-22-20(18-19)26(41)35(27-33-34-28(46)36(22)27)9-1-7-31-23(37)6-10-42-12-14-44-16-17-45-15-13-43-11-8-32-25(40)21(30)3-5-24(38)39/h2,4,18,21H,1,3,5-17,30H2,(H,31,37)(H,32,40)(H,34,46)(H,38,39)/t21-/m0/s1. The third-order valence-electron chi connectivity index (χ3n) is 6.59. The molecule has 0 spiro atoms.